The average Bonchev–Trinajstić information content (AvgIpc) is 2.48. The molecule has 2 heterocycles. The molecule has 6 heteroatoms. The fraction of sp³-hybridized carbons (Fsp3) is 0.867. The second-order valence-electron chi connectivity index (χ2n) is 6.14. The fourth-order valence-electron chi connectivity index (χ4n) is 3.55. The molecule has 2 aliphatic heterocycles. The van der Waals surface area contributed by atoms with Gasteiger partial charge in [-0.1, -0.05) is 13.3 Å². The molecule has 2 saturated heterocycles. The molecule has 1 amide bonds. The molecular formula is C15H26N2O4. The van der Waals surface area contributed by atoms with E-state index < -0.39 is 5.97 Å². The lowest BCUT2D eigenvalue weighted by Crippen LogP contribution is -2.58. The maximum atomic E-state index is 13.1. The van der Waals surface area contributed by atoms with Gasteiger partial charge >= 0.3 is 5.97 Å². The van der Waals surface area contributed by atoms with Crippen LogP contribution in [0.5, 0.6) is 0 Å². The zero-order valence-electron chi connectivity index (χ0n) is 12.8. The standard InChI is InChI=1S/C15H26N2O4/c1-2-4-15(5-3-6-16-11-15)14(20)17-7-8-21-10-12(17)9-13(18)19/h12,16H,2-11H2,1H3,(H,18,19). The van der Waals surface area contributed by atoms with Gasteiger partial charge in [-0.3, -0.25) is 9.59 Å². The number of carbonyl (C=O) groups excluding carboxylic acids is 1. The second-order valence-corrected chi connectivity index (χ2v) is 6.14. The van der Waals surface area contributed by atoms with E-state index in [9.17, 15) is 9.59 Å². The number of aliphatic carboxylic acids is 1. The van der Waals surface area contributed by atoms with Crippen LogP contribution >= 0.6 is 0 Å². The fourth-order valence-corrected chi connectivity index (χ4v) is 3.55. The van der Waals surface area contributed by atoms with Gasteiger partial charge in [0.1, 0.15) is 0 Å². The van der Waals surface area contributed by atoms with Crippen molar-refractivity contribution in [1.29, 1.82) is 0 Å². The first-order valence-corrected chi connectivity index (χ1v) is 7.90. The number of hydrogen-bond donors (Lipinski definition) is 2. The maximum absolute atomic E-state index is 13.1. The van der Waals surface area contributed by atoms with Crippen LogP contribution in [0.15, 0.2) is 0 Å². The summed E-state index contributed by atoms with van der Waals surface area (Å²) in [6.07, 6.45) is 3.67. The third-order valence-electron chi connectivity index (χ3n) is 4.55. The number of nitrogens with zero attached hydrogens (tertiary/aromatic N) is 1. The van der Waals surface area contributed by atoms with Crippen molar-refractivity contribution < 1.29 is 19.4 Å². The van der Waals surface area contributed by atoms with Crippen LogP contribution in [0.3, 0.4) is 0 Å². The summed E-state index contributed by atoms with van der Waals surface area (Å²) in [7, 11) is 0. The van der Waals surface area contributed by atoms with E-state index in [4.69, 9.17) is 9.84 Å². The molecule has 6 nitrogen and oxygen atoms in total. The molecule has 0 radical (unpaired) electrons. The Balaban J connectivity index is 2.15. The number of ether oxygens (including phenoxy) is 1. The largest absolute Gasteiger partial charge is 0.481 e. The highest BCUT2D eigenvalue weighted by molar-refractivity contribution is 5.84. The van der Waals surface area contributed by atoms with Crippen molar-refractivity contribution in [3.05, 3.63) is 0 Å². The highest BCUT2D eigenvalue weighted by atomic mass is 16.5. The van der Waals surface area contributed by atoms with Crippen molar-refractivity contribution >= 4 is 11.9 Å². The Labute approximate surface area is 125 Å². The molecule has 2 N–H and O–H groups in total. The Kier molecular flexibility index (Phi) is 5.58. The van der Waals surface area contributed by atoms with E-state index >= 15 is 0 Å². The highest BCUT2D eigenvalue weighted by Crippen LogP contribution is 2.35. The molecule has 2 atom stereocenters. The van der Waals surface area contributed by atoms with Gasteiger partial charge in [-0.05, 0) is 25.8 Å². The van der Waals surface area contributed by atoms with Crippen molar-refractivity contribution in [3.63, 3.8) is 0 Å². The lowest BCUT2D eigenvalue weighted by atomic mass is 9.75. The Morgan fingerprint density at radius 2 is 2.29 bits per heavy atom. The summed E-state index contributed by atoms with van der Waals surface area (Å²) in [5.74, 6) is -0.763. The van der Waals surface area contributed by atoms with E-state index in [0.717, 1.165) is 32.2 Å². The van der Waals surface area contributed by atoms with Crippen LogP contribution < -0.4 is 5.32 Å². The first-order valence-electron chi connectivity index (χ1n) is 7.90. The number of hydrogen-bond acceptors (Lipinski definition) is 4. The number of carboxylic acid groups (broad SMARTS) is 1. The van der Waals surface area contributed by atoms with Crippen molar-refractivity contribution in [1.82, 2.24) is 10.2 Å². The van der Waals surface area contributed by atoms with E-state index in [0.29, 0.717) is 26.3 Å². The quantitative estimate of drug-likeness (QED) is 0.787. The Bertz CT molecular complexity index is 374. The molecule has 0 aliphatic carbocycles. The van der Waals surface area contributed by atoms with Crippen LogP contribution in [0.2, 0.25) is 0 Å². The normalized spacial score (nSPS) is 30.1. The Morgan fingerprint density at radius 1 is 1.48 bits per heavy atom. The smallest absolute Gasteiger partial charge is 0.305 e. The zero-order chi connectivity index (χ0) is 15.3. The van der Waals surface area contributed by atoms with E-state index in [1.807, 2.05) is 0 Å². The Hall–Kier alpha value is -1.14. The molecular weight excluding hydrogens is 272 g/mol. The van der Waals surface area contributed by atoms with Crippen molar-refractivity contribution in [2.24, 2.45) is 5.41 Å². The number of amides is 1. The van der Waals surface area contributed by atoms with Gasteiger partial charge in [-0.25, -0.2) is 0 Å². The first kappa shape index (κ1) is 16.2. The summed E-state index contributed by atoms with van der Waals surface area (Å²) in [4.78, 5) is 25.9. The van der Waals surface area contributed by atoms with Crippen LogP contribution in [-0.4, -0.2) is 60.8 Å². The molecule has 0 aromatic rings. The van der Waals surface area contributed by atoms with Crippen LogP contribution in [0.4, 0.5) is 0 Å². The lowest BCUT2D eigenvalue weighted by Gasteiger charge is -2.44. The minimum absolute atomic E-state index is 0.0403. The monoisotopic (exact) mass is 298 g/mol. The van der Waals surface area contributed by atoms with Crippen LogP contribution in [0.25, 0.3) is 0 Å². The highest BCUT2D eigenvalue weighted by Gasteiger charge is 2.44. The van der Waals surface area contributed by atoms with Gasteiger partial charge in [-0.15, -0.1) is 0 Å². The summed E-state index contributed by atoms with van der Waals surface area (Å²) in [6.45, 7) is 5.09. The second kappa shape index (κ2) is 7.22. The minimum atomic E-state index is -0.880. The van der Waals surface area contributed by atoms with Crippen molar-refractivity contribution in [2.75, 3.05) is 32.8 Å². The maximum Gasteiger partial charge on any atom is 0.305 e. The summed E-state index contributed by atoms with van der Waals surface area (Å²) in [5, 5.41) is 12.4. The number of carboxylic acids is 1. The molecule has 0 aromatic heterocycles. The van der Waals surface area contributed by atoms with Gasteiger partial charge in [0.05, 0.1) is 31.1 Å². The van der Waals surface area contributed by atoms with Gasteiger partial charge in [0.15, 0.2) is 0 Å². The summed E-state index contributed by atoms with van der Waals surface area (Å²) in [5.41, 5.74) is -0.360. The topological polar surface area (TPSA) is 78.9 Å². The minimum Gasteiger partial charge on any atom is -0.481 e. The van der Waals surface area contributed by atoms with Gasteiger partial charge < -0.3 is 20.1 Å². The average molecular weight is 298 g/mol. The molecule has 0 saturated carbocycles. The van der Waals surface area contributed by atoms with Crippen LogP contribution in [0.1, 0.15) is 39.0 Å². The van der Waals surface area contributed by atoms with Gasteiger partial charge in [0.25, 0.3) is 0 Å². The predicted octanol–water partition coefficient (Wildman–Crippen LogP) is 0.858. The van der Waals surface area contributed by atoms with E-state index in [1.165, 1.54) is 0 Å². The molecule has 0 aromatic carbocycles. The lowest BCUT2D eigenvalue weighted by molar-refractivity contribution is -0.155. The van der Waals surface area contributed by atoms with Gasteiger partial charge in [0.2, 0.25) is 5.91 Å². The molecule has 21 heavy (non-hydrogen) atoms. The van der Waals surface area contributed by atoms with E-state index in [-0.39, 0.29) is 23.8 Å². The van der Waals surface area contributed by atoms with Gasteiger partial charge in [0, 0.05) is 13.1 Å². The predicted molar refractivity (Wildman–Crippen MR) is 78.0 cm³/mol. The van der Waals surface area contributed by atoms with E-state index in [1.54, 1.807) is 4.90 Å². The third-order valence-corrected chi connectivity index (χ3v) is 4.55. The molecule has 2 rings (SSSR count). The number of piperidine rings is 1. The molecule has 2 fully saturated rings. The van der Waals surface area contributed by atoms with Crippen molar-refractivity contribution in [3.8, 4) is 0 Å². The summed E-state index contributed by atoms with van der Waals surface area (Å²) >= 11 is 0. The van der Waals surface area contributed by atoms with Crippen LogP contribution in [0, 0.1) is 5.41 Å². The van der Waals surface area contributed by atoms with E-state index in [2.05, 4.69) is 12.2 Å². The first-order chi connectivity index (χ1) is 10.1. The van der Waals surface area contributed by atoms with Gasteiger partial charge in [-0.2, -0.15) is 0 Å². The molecule has 0 spiro atoms. The zero-order valence-corrected chi connectivity index (χ0v) is 12.8. The molecule has 120 valence electrons. The number of carbonyl (C=O) groups is 2. The molecule has 2 unspecified atom stereocenters. The summed E-state index contributed by atoms with van der Waals surface area (Å²) in [6, 6.07) is -0.334. The number of morpholine rings is 1. The molecule has 2 aliphatic rings. The third kappa shape index (κ3) is 3.74. The number of rotatable bonds is 5. The Morgan fingerprint density at radius 3 is 2.90 bits per heavy atom. The SMILES string of the molecule is CCCC1(C(=O)N2CCOCC2CC(=O)O)CCCNC1. The summed E-state index contributed by atoms with van der Waals surface area (Å²) < 4.78 is 5.37. The number of nitrogens with one attached hydrogen (secondary N) is 1. The van der Waals surface area contributed by atoms with Crippen LogP contribution in [-0.2, 0) is 14.3 Å². The van der Waals surface area contributed by atoms with Crippen molar-refractivity contribution in [2.45, 2.75) is 45.1 Å². The molecule has 0 bridgehead atoms.